The summed E-state index contributed by atoms with van der Waals surface area (Å²) in [6, 6.07) is 1.28. The molecule has 2 unspecified atom stereocenters. The van der Waals surface area contributed by atoms with Crippen molar-refractivity contribution in [3.05, 3.63) is 16.4 Å². The van der Waals surface area contributed by atoms with E-state index in [1.807, 2.05) is 11.9 Å². The van der Waals surface area contributed by atoms with E-state index in [-0.39, 0.29) is 17.6 Å². The van der Waals surface area contributed by atoms with Crippen molar-refractivity contribution in [2.24, 2.45) is 0 Å². The van der Waals surface area contributed by atoms with Crippen molar-refractivity contribution in [2.45, 2.75) is 43.8 Å². The summed E-state index contributed by atoms with van der Waals surface area (Å²) in [5.74, 6) is 0.340. The quantitative estimate of drug-likeness (QED) is 0.656. The summed E-state index contributed by atoms with van der Waals surface area (Å²) >= 11 is 0. The van der Waals surface area contributed by atoms with E-state index in [4.69, 9.17) is 4.74 Å². The molecule has 0 aliphatic carbocycles. The van der Waals surface area contributed by atoms with E-state index in [9.17, 15) is 10.1 Å². The van der Waals surface area contributed by atoms with E-state index in [2.05, 4.69) is 15.3 Å². The number of ether oxygens (including phenoxy) is 1. The number of aromatic nitrogens is 2. The Kier molecular flexibility index (Phi) is 3.62. The molecule has 114 valence electrons. The third kappa shape index (κ3) is 2.51. The van der Waals surface area contributed by atoms with Gasteiger partial charge in [-0.2, -0.15) is 4.98 Å². The van der Waals surface area contributed by atoms with Gasteiger partial charge in [-0.25, -0.2) is 4.98 Å². The van der Waals surface area contributed by atoms with Crippen LogP contribution in [0.15, 0.2) is 6.33 Å². The van der Waals surface area contributed by atoms with Crippen LogP contribution < -0.4 is 15.0 Å². The molecule has 0 radical (unpaired) electrons. The highest BCUT2D eigenvalue weighted by molar-refractivity contribution is 5.62. The summed E-state index contributed by atoms with van der Waals surface area (Å²) in [5.41, 5.74) is -0.159. The summed E-state index contributed by atoms with van der Waals surface area (Å²) in [5, 5.41) is 14.9. The molecule has 2 fully saturated rings. The van der Waals surface area contributed by atoms with Crippen LogP contribution in [-0.2, 0) is 0 Å². The van der Waals surface area contributed by atoms with Crippen LogP contribution >= 0.6 is 0 Å². The normalized spacial score (nSPS) is 27.4. The molecule has 2 atom stereocenters. The molecule has 2 aliphatic heterocycles. The molecule has 2 saturated heterocycles. The number of nitrogens with zero attached hydrogens (tertiary/aromatic N) is 4. The smallest absolute Gasteiger partial charge is 0.372 e. The van der Waals surface area contributed by atoms with E-state index >= 15 is 0 Å². The van der Waals surface area contributed by atoms with Crippen molar-refractivity contribution in [1.29, 1.82) is 0 Å². The molecule has 0 aromatic carbocycles. The van der Waals surface area contributed by atoms with Crippen molar-refractivity contribution < 1.29 is 9.66 Å². The van der Waals surface area contributed by atoms with Gasteiger partial charge >= 0.3 is 5.69 Å². The molecule has 8 heteroatoms. The van der Waals surface area contributed by atoms with Gasteiger partial charge in [-0.15, -0.1) is 0 Å². The predicted octanol–water partition coefficient (Wildman–Crippen LogP) is 1.11. The van der Waals surface area contributed by atoms with Crippen LogP contribution in [0.3, 0.4) is 0 Å². The van der Waals surface area contributed by atoms with Crippen LogP contribution in [0, 0.1) is 10.1 Å². The van der Waals surface area contributed by atoms with Crippen LogP contribution in [0.1, 0.15) is 25.7 Å². The molecule has 21 heavy (non-hydrogen) atoms. The standard InChI is InChI=1S/C13H19N5O3/c1-17(10-5-8-3-4-9(6-10)16-8)12-11(18(19)20)13(21-2)15-7-14-12/h7-10,16H,3-6H2,1-2H3. The number of rotatable bonds is 4. The summed E-state index contributed by atoms with van der Waals surface area (Å²) in [6.07, 6.45) is 5.65. The van der Waals surface area contributed by atoms with Crippen molar-refractivity contribution in [3.63, 3.8) is 0 Å². The van der Waals surface area contributed by atoms with E-state index in [0.717, 1.165) is 12.8 Å². The lowest BCUT2D eigenvalue weighted by Gasteiger charge is -2.35. The number of piperidine rings is 1. The van der Waals surface area contributed by atoms with Gasteiger partial charge in [0.1, 0.15) is 6.33 Å². The van der Waals surface area contributed by atoms with Gasteiger partial charge in [0.15, 0.2) is 0 Å². The number of methoxy groups -OCH3 is 1. The third-order valence-corrected chi connectivity index (χ3v) is 4.48. The van der Waals surface area contributed by atoms with Crippen LogP contribution in [0.2, 0.25) is 0 Å². The monoisotopic (exact) mass is 293 g/mol. The van der Waals surface area contributed by atoms with Gasteiger partial charge in [0, 0.05) is 25.2 Å². The molecule has 2 aliphatic rings. The fraction of sp³-hybridized carbons (Fsp3) is 0.692. The van der Waals surface area contributed by atoms with Gasteiger partial charge < -0.3 is 15.0 Å². The number of anilines is 1. The third-order valence-electron chi connectivity index (χ3n) is 4.48. The fourth-order valence-electron chi connectivity index (χ4n) is 3.44. The second kappa shape index (κ2) is 5.44. The molecule has 3 heterocycles. The van der Waals surface area contributed by atoms with Gasteiger partial charge in [0.05, 0.1) is 12.0 Å². The fourth-order valence-corrected chi connectivity index (χ4v) is 3.44. The molecule has 0 saturated carbocycles. The molecule has 3 rings (SSSR count). The summed E-state index contributed by atoms with van der Waals surface area (Å²) in [6.45, 7) is 0. The molecule has 0 amide bonds. The Hall–Kier alpha value is -1.96. The van der Waals surface area contributed by atoms with E-state index in [1.54, 1.807) is 0 Å². The largest absolute Gasteiger partial charge is 0.476 e. The van der Waals surface area contributed by atoms with Crippen LogP contribution in [-0.4, -0.2) is 47.2 Å². The Morgan fingerprint density at radius 3 is 2.62 bits per heavy atom. The maximum absolute atomic E-state index is 11.3. The molecular weight excluding hydrogens is 274 g/mol. The van der Waals surface area contributed by atoms with Crippen molar-refractivity contribution in [2.75, 3.05) is 19.1 Å². The van der Waals surface area contributed by atoms with Crippen LogP contribution in [0.25, 0.3) is 0 Å². The number of hydrogen-bond donors (Lipinski definition) is 1. The highest BCUT2D eigenvalue weighted by Gasteiger charge is 2.37. The summed E-state index contributed by atoms with van der Waals surface area (Å²) in [7, 11) is 3.24. The average Bonchev–Trinajstić information content (AvgIpc) is 2.83. The first-order valence-electron chi connectivity index (χ1n) is 7.12. The van der Waals surface area contributed by atoms with Gasteiger partial charge in [-0.1, -0.05) is 0 Å². The molecule has 8 nitrogen and oxygen atoms in total. The Balaban J connectivity index is 1.90. The van der Waals surface area contributed by atoms with Crippen molar-refractivity contribution >= 4 is 11.5 Å². The van der Waals surface area contributed by atoms with E-state index in [0.29, 0.717) is 17.9 Å². The van der Waals surface area contributed by atoms with E-state index in [1.165, 1.54) is 26.3 Å². The Morgan fingerprint density at radius 2 is 2.05 bits per heavy atom. The summed E-state index contributed by atoms with van der Waals surface area (Å²) < 4.78 is 5.01. The maximum atomic E-state index is 11.3. The van der Waals surface area contributed by atoms with Gasteiger partial charge in [0.25, 0.3) is 5.88 Å². The molecule has 0 spiro atoms. The first-order valence-corrected chi connectivity index (χ1v) is 7.12. The Labute approximate surface area is 122 Å². The van der Waals surface area contributed by atoms with Crippen molar-refractivity contribution in [3.8, 4) is 5.88 Å². The molecule has 2 bridgehead atoms. The van der Waals surface area contributed by atoms with Crippen LogP contribution in [0.4, 0.5) is 11.5 Å². The van der Waals surface area contributed by atoms with E-state index < -0.39 is 4.92 Å². The highest BCUT2D eigenvalue weighted by Crippen LogP contribution is 2.37. The lowest BCUT2D eigenvalue weighted by molar-refractivity contribution is -0.385. The molecule has 1 aromatic heterocycles. The number of fused-ring (bicyclic) bond motifs is 2. The van der Waals surface area contributed by atoms with Gasteiger partial charge in [-0.3, -0.25) is 10.1 Å². The molecule has 1 N–H and O–H groups in total. The predicted molar refractivity (Wildman–Crippen MR) is 76.6 cm³/mol. The topological polar surface area (TPSA) is 93.4 Å². The average molecular weight is 293 g/mol. The first kappa shape index (κ1) is 14.0. The minimum atomic E-state index is -0.472. The Bertz CT molecular complexity index is 541. The maximum Gasteiger partial charge on any atom is 0.372 e. The lowest BCUT2D eigenvalue weighted by Crippen LogP contribution is -2.47. The molecule has 1 aromatic rings. The van der Waals surface area contributed by atoms with Gasteiger partial charge in [0.2, 0.25) is 5.82 Å². The first-order chi connectivity index (χ1) is 10.1. The number of nitro groups is 1. The zero-order valence-electron chi connectivity index (χ0n) is 12.2. The Morgan fingerprint density at radius 1 is 1.38 bits per heavy atom. The summed E-state index contributed by atoms with van der Waals surface area (Å²) in [4.78, 5) is 20.7. The number of hydrogen-bond acceptors (Lipinski definition) is 7. The zero-order chi connectivity index (χ0) is 15.0. The minimum absolute atomic E-state index is 0.00811. The van der Waals surface area contributed by atoms with Gasteiger partial charge in [-0.05, 0) is 25.7 Å². The lowest BCUT2D eigenvalue weighted by atomic mass is 9.98. The molecular formula is C13H19N5O3. The SMILES string of the molecule is COc1ncnc(N(C)C2CC3CCC(C2)N3)c1[N+](=O)[O-]. The zero-order valence-corrected chi connectivity index (χ0v) is 12.2. The second-order valence-corrected chi connectivity index (χ2v) is 5.69. The van der Waals surface area contributed by atoms with Crippen LogP contribution in [0.5, 0.6) is 5.88 Å². The van der Waals surface area contributed by atoms with Crippen molar-refractivity contribution in [1.82, 2.24) is 15.3 Å². The highest BCUT2D eigenvalue weighted by atomic mass is 16.6. The minimum Gasteiger partial charge on any atom is -0.476 e. The number of nitrogens with one attached hydrogen (secondary N) is 1. The second-order valence-electron chi connectivity index (χ2n) is 5.69.